The maximum atomic E-state index is 12.2. The molecule has 1 N–H and O–H groups in total. The van der Waals surface area contributed by atoms with Crippen LogP contribution in [0.15, 0.2) is 0 Å². The third kappa shape index (κ3) is 7.28. The summed E-state index contributed by atoms with van der Waals surface area (Å²) in [5.41, 5.74) is 0. The summed E-state index contributed by atoms with van der Waals surface area (Å²) in [4.78, 5) is 12.2. The van der Waals surface area contributed by atoms with Crippen LogP contribution >= 0.6 is 0 Å². The van der Waals surface area contributed by atoms with Crippen molar-refractivity contribution in [2.45, 2.75) is 90.2 Å². The molecule has 20 heavy (non-hydrogen) atoms. The molecule has 3 heteroatoms. The average Bonchev–Trinajstić information content (AvgIpc) is 2.42. The van der Waals surface area contributed by atoms with Gasteiger partial charge < -0.3 is 10.1 Å². The lowest BCUT2D eigenvalue weighted by molar-refractivity contribution is -0.152. The second-order valence-corrected chi connectivity index (χ2v) is 6.58. The van der Waals surface area contributed by atoms with Crippen LogP contribution in [0.3, 0.4) is 0 Å². The number of likely N-dealkylation sites (N-methyl/N-ethyl adjacent to an activating group) is 1. The number of nitrogens with one attached hydrogen (secondary N) is 1. The first-order chi connectivity index (χ1) is 9.63. The second kappa shape index (κ2) is 10.2. The highest BCUT2D eigenvalue weighted by Gasteiger charge is 2.23. The van der Waals surface area contributed by atoms with Crippen LogP contribution in [0.5, 0.6) is 0 Å². The largest absolute Gasteiger partial charge is 0.461 e. The molecule has 1 atom stereocenters. The Hall–Kier alpha value is -0.570. The van der Waals surface area contributed by atoms with E-state index in [9.17, 15) is 4.79 Å². The fourth-order valence-electron chi connectivity index (χ4n) is 2.94. The lowest BCUT2D eigenvalue weighted by Crippen LogP contribution is -2.38. The van der Waals surface area contributed by atoms with E-state index >= 15 is 0 Å². The number of hydrogen-bond acceptors (Lipinski definition) is 3. The molecule has 1 unspecified atom stereocenters. The fraction of sp³-hybridized carbons (Fsp3) is 0.941. The molecule has 0 radical (unpaired) electrons. The van der Waals surface area contributed by atoms with Crippen LogP contribution in [0.1, 0.15) is 78.1 Å². The van der Waals surface area contributed by atoms with Gasteiger partial charge in [-0.3, -0.25) is 4.79 Å². The van der Waals surface area contributed by atoms with Crippen LogP contribution in [0.4, 0.5) is 0 Å². The molecule has 1 aliphatic carbocycles. The summed E-state index contributed by atoms with van der Waals surface area (Å²) < 4.78 is 5.78. The predicted molar refractivity (Wildman–Crippen MR) is 83.7 cm³/mol. The number of carbonyl (C=O) groups is 1. The van der Waals surface area contributed by atoms with Gasteiger partial charge in [0.15, 0.2) is 0 Å². The first-order valence-electron chi connectivity index (χ1n) is 8.51. The molecule has 0 amide bonds. The Morgan fingerprint density at radius 1 is 1.05 bits per heavy atom. The molecule has 0 aromatic carbocycles. The van der Waals surface area contributed by atoms with Crippen LogP contribution in [0.2, 0.25) is 0 Å². The first-order valence-corrected chi connectivity index (χ1v) is 8.51. The highest BCUT2D eigenvalue weighted by atomic mass is 16.5. The van der Waals surface area contributed by atoms with Crippen molar-refractivity contribution in [3.05, 3.63) is 0 Å². The van der Waals surface area contributed by atoms with Gasteiger partial charge in [0.2, 0.25) is 0 Å². The van der Waals surface area contributed by atoms with Gasteiger partial charge in [-0.2, -0.15) is 0 Å². The summed E-state index contributed by atoms with van der Waals surface area (Å²) in [6.45, 7) is 4.28. The zero-order valence-electron chi connectivity index (χ0n) is 13.6. The predicted octanol–water partition coefficient (Wildman–Crippen LogP) is 4.06. The molecule has 0 aromatic rings. The van der Waals surface area contributed by atoms with Crippen LogP contribution in [0.25, 0.3) is 0 Å². The van der Waals surface area contributed by atoms with Crippen molar-refractivity contribution in [2.24, 2.45) is 5.92 Å². The Kier molecular flexibility index (Phi) is 8.92. The van der Waals surface area contributed by atoms with Gasteiger partial charge in [-0.05, 0) is 45.1 Å². The molecule has 1 rings (SSSR count). The van der Waals surface area contributed by atoms with E-state index in [0.717, 1.165) is 19.3 Å². The smallest absolute Gasteiger partial charge is 0.323 e. The first kappa shape index (κ1) is 17.5. The molecule has 0 aliphatic heterocycles. The molecule has 1 fully saturated rings. The van der Waals surface area contributed by atoms with E-state index in [-0.39, 0.29) is 18.1 Å². The zero-order chi connectivity index (χ0) is 14.8. The lowest BCUT2D eigenvalue weighted by Gasteiger charge is -2.23. The molecule has 0 heterocycles. The van der Waals surface area contributed by atoms with Crippen molar-refractivity contribution in [3.8, 4) is 0 Å². The fourth-order valence-corrected chi connectivity index (χ4v) is 2.94. The van der Waals surface area contributed by atoms with Gasteiger partial charge in [-0.15, -0.1) is 0 Å². The highest BCUT2D eigenvalue weighted by molar-refractivity contribution is 5.75. The van der Waals surface area contributed by atoms with Gasteiger partial charge in [0.05, 0.1) is 0 Å². The lowest BCUT2D eigenvalue weighted by atomic mass is 9.99. The average molecular weight is 283 g/mol. The summed E-state index contributed by atoms with van der Waals surface area (Å²) >= 11 is 0. The number of rotatable bonds is 5. The topological polar surface area (TPSA) is 38.3 Å². The maximum absolute atomic E-state index is 12.2. The van der Waals surface area contributed by atoms with E-state index in [4.69, 9.17) is 4.74 Å². The van der Waals surface area contributed by atoms with Gasteiger partial charge in [-0.1, -0.05) is 46.0 Å². The Bertz CT molecular complexity index is 256. The Morgan fingerprint density at radius 2 is 1.55 bits per heavy atom. The van der Waals surface area contributed by atoms with E-state index in [1.54, 1.807) is 0 Å². The van der Waals surface area contributed by atoms with E-state index in [1.165, 1.54) is 44.9 Å². The SMILES string of the molecule is CNC(CC(C)C)C(=O)OC1CCCCCCCCC1. The van der Waals surface area contributed by atoms with Crippen molar-refractivity contribution in [2.75, 3.05) is 7.05 Å². The molecule has 0 bridgehead atoms. The summed E-state index contributed by atoms with van der Waals surface area (Å²) in [5.74, 6) is 0.451. The van der Waals surface area contributed by atoms with Crippen LogP contribution in [0, 0.1) is 5.92 Å². The summed E-state index contributed by atoms with van der Waals surface area (Å²) in [5, 5.41) is 3.10. The van der Waals surface area contributed by atoms with Gasteiger partial charge in [0.25, 0.3) is 0 Å². The zero-order valence-corrected chi connectivity index (χ0v) is 13.6. The number of esters is 1. The highest BCUT2D eigenvalue weighted by Crippen LogP contribution is 2.20. The van der Waals surface area contributed by atoms with Crippen LogP contribution < -0.4 is 5.32 Å². The monoisotopic (exact) mass is 283 g/mol. The minimum atomic E-state index is -0.148. The third-order valence-corrected chi connectivity index (χ3v) is 4.18. The summed E-state index contributed by atoms with van der Waals surface area (Å²) in [6.07, 6.45) is 12.1. The quantitative estimate of drug-likeness (QED) is 0.773. The third-order valence-electron chi connectivity index (χ3n) is 4.18. The van der Waals surface area contributed by atoms with E-state index in [1.807, 2.05) is 7.05 Å². The Balaban J connectivity index is 2.42. The van der Waals surface area contributed by atoms with Gasteiger partial charge >= 0.3 is 5.97 Å². The molecule has 3 nitrogen and oxygen atoms in total. The standard InChI is InChI=1S/C17H33NO2/c1-14(2)13-16(18-3)17(19)20-15-11-9-7-5-4-6-8-10-12-15/h14-16,18H,4-13H2,1-3H3. The number of hydrogen-bond donors (Lipinski definition) is 1. The van der Waals surface area contributed by atoms with E-state index in [2.05, 4.69) is 19.2 Å². The van der Waals surface area contributed by atoms with E-state index in [0.29, 0.717) is 5.92 Å². The molecule has 0 aromatic heterocycles. The molecule has 0 spiro atoms. The van der Waals surface area contributed by atoms with Gasteiger partial charge in [-0.25, -0.2) is 0 Å². The molecule has 118 valence electrons. The second-order valence-electron chi connectivity index (χ2n) is 6.58. The van der Waals surface area contributed by atoms with Crippen molar-refractivity contribution < 1.29 is 9.53 Å². The van der Waals surface area contributed by atoms with E-state index < -0.39 is 0 Å². The minimum absolute atomic E-state index is 0.0525. The van der Waals surface area contributed by atoms with Crippen LogP contribution in [-0.2, 0) is 9.53 Å². The Labute approximate surface area is 124 Å². The normalized spacial score (nSPS) is 20.6. The number of carbonyl (C=O) groups excluding carboxylic acids is 1. The van der Waals surface area contributed by atoms with Crippen molar-refractivity contribution in [1.29, 1.82) is 0 Å². The van der Waals surface area contributed by atoms with Crippen LogP contribution in [-0.4, -0.2) is 25.2 Å². The number of ether oxygens (including phenoxy) is 1. The summed E-state index contributed by atoms with van der Waals surface area (Å²) in [7, 11) is 1.85. The maximum Gasteiger partial charge on any atom is 0.323 e. The van der Waals surface area contributed by atoms with Crippen molar-refractivity contribution in [1.82, 2.24) is 5.32 Å². The van der Waals surface area contributed by atoms with Gasteiger partial charge in [0.1, 0.15) is 12.1 Å². The van der Waals surface area contributed by atoms with Gasteiger partial charge in [0, 0.05) is 0 Å². The molecule has 0 saturated heterocycles. The molecule has 1 aliphatic rings. The molecular weight excluding hydrogens is 250 g/mol. The summed E-state index contributed by atoms with van der Waals surface area (Å²) in [6, 6.07) is -0.148. The van der Waals surface area contributed by atoms with Crippen molar-refractivity contribution in [3.63, 3.8) is 0 Å². The minimum Gasteiger partial charge on any atom is -0.461 e. The van der Waals surface area contributed by atoms with Crippen molar-refractivity contribution >= 4 is 5.97 Å². The molecular formula is C17H33NO2. The molecule has 1 saturated carbocycles. The Morgan fingerprint density at radius 3 is 2.00 bits per heavy atom.